The Bertz CT molecular complexity index is 1070. The number of rotatable bonds is 4. The molecule has 0 atom stereocenters. The molecule has 0 spiro atoms. The maximum absolute atomic E-state index is 13.1. The van der Waals surface area contributed by atoms with E-state index in [0.29, 0.717) is 26.4 Å². The van der Waals surface area contributed by atoms with Gasteiger partial charge in [-0.3, -0.25) is 10.2 Å². The molecule has 1 aliphatic heterocycles. The van der Waals surface area contributed by atoms with Gasteiger partial charge in [0, 0.05) is 34.3 Å². The molecule has 0 unspecified atom stereocenters. The van der Waals surface area contributed by atoms with Crippen molar-refractivity contribution in [3.63, 3.8) is 0 Å². The van der Waals surface area contributed by atoms with Crippen LogP contribution in [0.2, 0.25) is 15.1 Å². The summed E-state index contributed by atoms with van der Waals surface area (Å²) in [5, 5.41) is 8.22. The van der Waals surface area contributed by atoms with Crippen LogP contribution >= 0.6 is 34.8 Å². The summed E-state index contributed by atoms with van der Waals surface area (Å²) in [5.41, 5.74) is 6.42. The highest BCUT2D eigenvalue weighted by Gasteiger charge is 2.24. The van der Waals surface area contributed by atoms with E-state index in [1.165, 1.54) is 6.42 Å². The van der Waals surface area contributed by atoms with Gasteiger partial charge in [-0.25, -0.2) is 9.69 Å². The molecule has 0 aliphatic carbocycles. The topological polar surface area (TPSA) is 50.2 Å². The van der Waals surface area contributed by atoms with Crippen molar-refractivity contribution in [1.82, 2.24) is 20.2 Å². The van der Waals surface area contributed by atoms with Crippen molar-refractivity contribution in [3.8, 4) is 16.9 Å². The molecule has 2 aromatic carbocycles. The number of aromatic nitrogens is 2. The number of benzene rings is 2. The Morgan fingerprint density at radius 1 is 0.938 bits per heavy atom. The van der Waals surface area contributed by atoms with Gasteiger partial charge in [-0.15, -0.1) is 0 Å². The van der Waals surface area contributed by atoms with Crippen molar-refractivity contribution in [1.29, 1.82) is 0 Å². The molecule has 0 bridgehead atoms. The fourth-order valence-electron chi connectivity index (χ4n) is 3.69. The zero-order chi connectivity index (χ0) is 23.3. The van der Waals surface area contributed by atoms with Gasteiger partial charge in [0.15, 0.2) is 5.69 Å². The van der Waals surface area contributed by atoms with Gasteiger partial charge in [-0.2, -0.15) is 5.10 Å². The van der Waals surface area contributed by atoms with Gasteiger partial charge < -0.3 is 0 Å². The Hall–Kier alpha value is -2.05. The lowest BCUT2D eigenvalue weighted by Crippen LogP contribution is -2.45. The minimum atomic E-state index is -0.228. The van der Waals surface area contributed by atoms with E-state index in [1.54, 1.807) is 22.9 Å². The molecule has 8 heteroatoms. The summed E-state index contributed by atoms with van der Waals surface area (Å²) in [7, 11) is 0. The molecule has 0 radical (unpaired) electrons. The van der Waals surface area contributed by atoms with Crippen molar-refractivity contribution in [3.05, 3.63) is 68.8 Å². The van der Waals surface area contributed by atoms with E-state index >= 15 is 0 Å². The van der Waals surface area contributed by atoms with E-state index < -0.39 is 0 Å². The summed E-state index contributed by atoms with van der Waals surface area (Å²) >= 11 is 18.6. The van der Waals surface area contributed by atoms with Gasteiger partial charge in [0.05, 0.1) is 16.4 Å². The Morgan fingerprint density at radius 2 is 1.56 bits per heavy atom. The fourth-order valence-corrected chi connectivity index (χ4v) is 4.30. The normalized spacial score (nSPS) is 13.9. The average molecular weight is 494 g/mol. The third-order valence-electron chi connectivity index (χ3n) is 5.21. The third kappa shape index (κ3) is 5.46. The summed E-state index contributed by atoms with van der Waals surface area (Å²) < 4.78 is 1.70. The monoisotopic (exact) mass is 492 g/mol. The molecule has 32 heavy (non-hydrogen) atoms. The second-order valence-corrected chi connectivity index (χ2v) is 8.61. The molecule has 1 N–H and O–H groups in total. The molecular formula is C24H27Cl3N4O. The van der Waals surface area contributed by atoms with Crippen LogP contribution in [0, 0.1) is 6.92 Å². The first-order valence-corrected chi connectivity index (χ1v) is 11.9. The number of hydrazine groups is 1. The van der Waals surface area contributed by atoms with Crippen LogP contribution in [0.1, 0.15) is 49.2 Å². The number of nitrogens with one attached hydrogen (secondary N) is 1. The largest absolute Gasteiger partial charge is 0.286 e. The minimum Gasteiger partial charge on any atom is -0.283 e. The second-order valence-electron chi connectivity index (χ2n) is 7.33. The SMILES string of the molecule is CC.Cc1c(C(=O)NN2CCCCC2)nn(-c2ccc(Cl)cc2Cl)c1-c1ccc(Cl)cc1. The van der Waals surface area contributed by atoms with E-state index in [1.807, 2.05) is 50.0 Å². The quantitative estimate of drug-likeness (QED) is 0.427. The zero-order valence-corrected chi connectivity index (χ0v) is 20.7. The molecule has 2 heterocycles. The number of hydrogen-bond donors (Lipinski definition) is 1. The van der Waals surface area contributed by atoms with E-state index in [0.717, 1.165) is 42.8 Å². The summed E-state index contributed by atoms with van der Waals surface area (Å²) in [5.74, 6) is -0.228. The minimum absolute atomic E-state index is 0.228. The molecule has 170 valence electrons. The van der Waals surface area contributed by atoms with E-state index in [-0.39, 0.29) is 5.91 Å². The Kier molecular flexibility index (Phi) is 8.60. The van der Waals surface area contributed by atoms with Crippen molar-refractivity contribution in [2.75, 3.05) is 13.1 Å². The molecule has 1 aromatic heterocycles. The van der Waals surface area contributed by atoms with Crippen LogP contribution in [0.15, 0.2) is 42.5 Å². The van der Waals surface area contributed by atoms with Crippen molar-refractivity contribution in [2.45, 2.75) is 40.0 Å². The molecule has 3 aromatic rings. The first-order chi connectivity index (χ1) is 15.4. The number of hydrogen-bond acceptors (Lipinski definition) is 3. The molecule has 1 aliphatic rings. The lowest BCUT2D eigenvalue weighted by Gasteiger charge is -2.26. The smallest absolute Gasteiger partial charge is 0.283 e. The molecule has 1 saturated heterocycles. The summed E-state index contributed by atoms with van der Waals surface area (Å²) in [4.78, 5) is 13.1. The average Bonchev–Trinajstić information content (AvgIpc) is 3.13. The van der Waals surface area contributed by atoms with Gasteiger partial charge in [0.2, 0.25) is 0 Å². The van der Waals surface area contributed by atoms with Crippen molar-refractivity contribution < 1.29 is 4.79 Å². The molecule has 1 fully saturated rings. The number of amides is 1. The van der Waals surface area contributed by atoms with Crippen molar-refractivity contribution in [2.24, 2.45) is 0 Å². The van der Waals surface area contributed by atoms with E-state index in [4.69, 9.17) is 34.8 Å². The van der Waals surface area contributed by atoms with Crippen LogP contribution in [0.3, 0.4) is 0 Å². The lowest BCUT2D eigenvalue weighted by atomic mass is 10.1. The highest BCUT2D eigenvalue weighted by atomic mass is 35.5. The summed E-state index contributed by atoms with van der Waals surface area (Å²) in [6.45, 7) is 7.58. The second kappa shape index (κ2) is 11.2. The van der Waals surface area contributed by atoms with Crippen LogP contribution in [0.4, 0.5) is 0 Å². The van der Waals surface area contributed by atoms with Crippen LogP contribution in [0.25, 0.3) is 16.9 Å². The molecular weight excluding hydrogens is 467 g/mol. The number of piperidine rings is 1. The van der Waals surface area contributed by atoms with Crippen LogP contribution < -0.4 is 5.43 Å². The maximum Gasteiger partial charge on any atom is 0.286 e. The fraction of sp³-hybridized carbons (Fsp3) is 0.333. The van der Waals surface area contributed by atoms with Gasteiger partial charge >= 0.3 is 0 Å². The Morgan fingerprint density at radius 3 is 2.19 bits per heavy atom. The number of carbonyl (C=O) groups is 1. The van der Waals surface area contributed by atoms with Crippen LogP contribution in [0.5, 0.6) is 0 Å². The highest BCUT2D eigenvalue weighted by Crippen LogP contribution is 2.33. The van der Waals surface area contributed by atoms with Crippen molar-refractivity contribution >= 4 is 40.7 Å². The molecule has 1 amide bonds. The van der Waals surface area contributed by atoms with Gasteiger partial charge in [-0.1, -0.05) is 67.2 Å². The maximum atomic E-state index is 13.1. The third-order valence-corrected chi connectivity index (χ3v) is 6.00. The van der Waals surface area contributed by atoms with Gasteiger partial charge in [0.1, 0.15) is 0 Å². The Labute approximate surface area is 204 Å². The predicted octanol–water partition coefficient (Wildman–Crippen LogP) is 6.96. The highest BCUT2D eigenvalue weighted by molar-refractivity contribution is 6.35. The first kappa shape index (κ1) is 24.6. The standard InChI is InChI=1S/C22H21Cl3N4O.C2H6/c1-14-20(22(30)27-28-11-3-2-4-12-28)26-29(19-10-9-17(24)13-18(19)25)21(14)15-5-7-16(23)8-6-15;1-2/h5-10,13H,2-4,11-12H2,1H3,(H,27,30);1-2H3. The van der Waals surface area contributed by atoms with Gasteiger partial charge in [0.25, 0.3) is 5.91 Å². The van der Waals surface area contributed by atoms with Crippen LogP contribution in [-0.2, 0) is 0 Å². The summed E-state index contributed by atoms with van der Waals surface area (Å²) in [6, 6.07) is 12.6. The number of halogens is 3. The van der Waals surface area contributed by atoms with Crippen LogP contribution in [-0.4, -0.2) is 33.8 Å². The molecule has 0 saturated carbocycles. The number of nitrogens with zero attached hydrogens (tertiary/aromatic N) is 3. The van der Waals surface area contributed by atoms with E-state index in [9.17, 15) is 4.79 Å². The number of carbonyl (C=O) groups excluding carboxylic acids is 1. The van der Waals surface area contributed by atoms with Gasteiger partial charge in [-0.05, 0) is 50.1 Å². The Balaban J connectivity index is 0.00000141. The predicted molar refractivity (Wildman–Crippen MR) is 133 cm³/mol. The summed E-state index contributed by atoms with van der Waals surface area (Å²) in [6.07, 6.45) is 3.34. The van der Waals surface area contributed by atoms with E-state index in [2.05, 4.69) is 10.5 Å². The molecule has 4 rings (SSSR count). The molecule has 5 nitrogen and oxygen atoms in total. The zero-order valence-electron chi connectivity index (χ0n) is 18.5. The first-order valence-electron chi connectivity index (χ1n) is 10.8. The lowest BCUT2D eigenvalue weighted by molar-refractivity contribution is 0.0743.